The molecule has 1 aromatic rings. The van der Waals surface area contributed by atoms with Crippen molar-refractivity contribution >= 4 is 5.91 Å². The lowest BCUT2D eigenvalue weighted by Gasteiger charge is -2.35. The molecular weight excluding hydrogens is 290 g/mol. The van der Waals surface area contributed by atoms with E-state index >= 15 is 0 Å². The van der Waals surface area contributed by atoms with Gasteiger partial charge in [-0.3, -0.25) is 4.79 Å². The summed E-state index contributed by atoms with van der Waals surface area (Å²) >= 11 is 0. The van der Waals surface area contributed by atoms with Crippen LogP contribution in [0.4, 0.5) is 0 Å². The summed E-state index contributed by atoms with van der Waals surface area (Å²) in [5.41, 5.74) is 0.277. The number of carbonyl (C=O) groups excluding carboxylic acids is 1. The van der Waals surface area contributed by atoms with Gasteiger partial charge in [-0.05, 0) is 31.1 Å². The van der Waals surface area contributed by atoms with Crippen molar-refractivity contribution in [3.8, 4) is 0 Å². The Morgan fingerprint density at radius 3 is 2.83 bits per heavy atom. The molecule has 2 heterocycles. The van der Waals surface area contributed by atoms with Crippen molar-refractivity contribution in [1.29, 1.82) is 0 Å². The molecule has 130 valence electrons. The number of aliphatic hydroxyl groups excluding tert-OH is 1. The summed E-state index contributed by atoms with van der Waals surface area (Å²) in [6.07, 6.45) is 7.46. The quantitative estimate of drug-likeness (QED) is 0.907. The highest BCUT2D eigenvalue weighted by molar-refractivity contribution is 5.76. The zero-order valence-corrected chi connectivity index (χ0v) is 15.0. The zero-order chi connectivity index (χ0) is 17.0. The van der Waals surface area contributed by atoms with E-state index in [9.17, 15) is 9.90 Å². The minimum absolute atomic E-state index is 0.0800. The Bertz CT molecular complexity index is 519. The Kier molecular flexibility index (Phi) is 5.84. The van der Waals surface area contributed by atoms with Crippen molar-refractivity contribution in [2.75, 3.05) is 13.1 Å². The van der Waals surface area contributed by atoms with Gasteiger partial charge in [0.1, 0.15) is 11.9 Å². The monoisotopic (exact) mass is 321 g/mol. The van der Waals surface area contributed by atoms with Crippen LogP contribution in [-0.4, -0.2) is 38.6 Å². The van der Waals surface area contributed by atoms with Crippen LogP contribution >= 0.6 is 0 Å². The van der Waals surface area contributed by atoms with Crippen molar-refractivity contribution in [3.05, 3.63) is 18.2 Å². The number of hydrogen-bond donors (Lipinski definition) is 1. The SMILES string of the molecule is Cn1ccnc1C(O)C1CCCN(C(=O)CCCC(C)(C)C)C1. The van der Waals surface area contributed by atoms with E-state index in [0.717, 1.165) is 32.2 Å². The highest BCUT2D eigenvalue weighted by atomic mass is 16.3. The van der Waals surface area contributed by atoms with Gasteiger partial charge in [-0.2, -0.15) is 0 Å². The molecule has 0 spiro atoms. The van der Waals surface area contributed by atoms with Crippen LogP contribution in [0.15, 0.2) is 12.4 Å². The molecule has 1 saturated heterocycles. The Morgan fingerprint density at radius 1 is 1.48 bits per heavy atom. The standard InChI is InChI=1S/C18H31N3O2/c1-18(2,3)9-5-8-15(22)21-11-6-7-14(13-21)16(23)17-19-10-12-20(17)4/h10,12,14,16,23H,5-9,11,13H2,1-4H3. The number of likely N-dealkylation sites (tertiary alicyclic amines) is 1. The lowest BCUT2D eigenvalue weighted by molar-refractivity contribution is -0.134. The second-order valence-electron chi connectivity index (χ2n) is 8.00. The van der Waals surface area contributed by atoms with E-state index in [1.165, 1.54) is 0 Å². The van der Waals surface area contributed by atoms with Crippen molar-refractivity contribution in [2.24, 2.45) is 18.4 Å². The average Bonchev–Trinajstić information content (AvgIpc) is 2.91. The molecule has 1 aliphatic rings. The van der Waals surface area contributed by atoms with Crippen molar-refractivity contribution < 1.29 is 9.90 Å². The molecule has 1 aliphatic heterocycles. The van der Waals surface area contributed by atoms with E-state index in [1.54, 1.807) is 6.20 Å². The van der Waals surface area contributed by atoms with Gasteiger partial charge in [-0.1, -0.05) is 20.8 Å². The van der Waals surface area contributed by atoms with Crippen LogP contribution in [0.25, 0.3) is 0 Å². The molecule has 1 fully saturated rings. The van der Waals surface area contributed by atoms with Gasteiger partial charge in [0, 0.05) is 44.9 Å². The van der Waals surface area contributed by atoms with Gasteiger partial charge in [0.05, 0.1) is 0 Å². The van der Waals surface area contributed by atoms with Crippen LogP contribution < -0.4 is 0 Å². The minimum atomic E-state index is -0.597. The molecule has 0 radical (unpaired) electrons. The lowest BCUT2D eigenvalue weighted by Crippen LogP contribution is -2.42. The van der Waals surface area contributed by atoms with Crippen LogP contribution in [0.3, 0.4) is 0 Å². The van der Waals surface area contributed by atoms with Gasteiger partial charge in [0.2, 0.25) is 5.91 Å². The summed E-state index contributed by atoms with van der Waals surface area (Å²) in [5, 5.41) is 10.6. The molecule has 2 atom stereocenters. The number of amides is 1. The van der Waals surface area contributed by atoms with Crippen molar-refractivity contribution in [2.45, 2.75) is 59.0 Å². The van der Waals surface area contributed by atoms with Gasteiger partial charge >= 0.3 is 0 Å². The first kappa shape index (κ1) is 18.0. The van der Waals surface area contributed by atoms with Crippen LogP contribution in [0.2, 0.25) is 0 Å². The smallest absolute Gasteiger partial charge is 0.222 e. The predicted octanol–water partition coefficient (Wildman–Crippen LogP) is 2.91. The summed E-state index contributed by atoms with van der Waals surface area (Å²) < 4.78 is 1.86. The van der Waals surface area contributed by atoms with Crippen LogP contribution in [0.1, 0.15) is 64.8 Å². The first-order chi connectivity index (χ1) is 10.8. The number of imidazole rings is 1. The van der Waals surface area contributed by atoms with Crippen LogP contribution in [0.5, 0.6) is 0 Å². The number of aliphatic hydroxyl groups is 1. The number of hydrogen-bond acceptors (Lipinski definition) is 3. The summed E-state index contributed by atoms with van der Waals surface area (Å²) in [4.78, 5) is 18.6. The number of aryl methyl sites for hydroxylation is 1. The van der Waals surface area contributed by atoms with Crippen LogP contribution in [-0.2, 0) is 11.8 Å². The first-order valence-corrected chi connectivity index (χ1v) is 8.71. The topological polar surface area (TPSA) is 58.4 Å². The minimum Gasteiger partial charge on any atom is -0.385 e. The Labute approximate surface area is 139 Å². The molecule has 0 bridgehead atoms. The van der Waals surface area contributed by atoms with Crippen molar-refractivity contribution in [1.82, 2.24) is 14.5 Å². The van der Waals surface area contributed by atoms with Crippen LogP contribution in [0, 0.1) is 11.3 Å². The second kappa shape index (κ2) is 7.47. The molecular formula is C18H31N3O2. The Hall–Kier alpha value is -1.36. The molecule has 1 amide bonds. The van der Waals surface area contributed by atoms with Gasteiger partial charge in [0.15, 0.2) is 0 Å². The number of rotatable bonds is 5. The predicted molar refractivity (Wildman–Crippen MR) is 90.8 cm³/mol. The Balaban J connectivity index is 1.88. The third-order valence-corrected chi connectivity index (χ3v) is 4.70. The lowest BCUT2D eigenvalue weighted by atomic mass is 9.89. The third-order valence-electron chi connectivity index (χ3n) is 4.70. The fraction of sp³-hybridized carbons (Fsp3) is 0.778. The normalized spacial score (nSPS) is 20.6. The number of aromatic nitrogens is 2. The highest BCUT2D eigenvalue weighted by Gasteiger charge is 2.30. The van der Waals surface area contributed by atoms with E-state index in [1.807, 2.05) is 22.7 Å². The highest BCUT2D eigenvalue weighted by Crippen LogP contribution is 2.29. The zero-order valence-electron chi connectivity index (χ0n) is 15.0. The van der Waals surface area contributed by atoms with Gasteiger partial charge in [-0.25, -0.2) is 4.98 Å². The molecule has 23 heavy (non-hydrogen) atoms. The summed E-state index contributed by atoms with van der Waals surface area (Å²) in [5.74, 6) is 0.999. The average molecular weight is 321 g/mol. The summed E-state index contributed by atoms with van der Waals surface area (Å²) in [6.45, 7) is 8.08. The molecule has 5 heteroatoms. The van der Waals surface area contributed by atoms with Gasteiger partial charge in [-0.15, -0.1) is 0 Å². The molecule has 5 nitrogen and oxygen atoms in total. The number of piperidine rings is 1. The van der Waals surface area contributed by atoms with E-state index in [-0.39, 0.29) is 17.2 Å². The van der Waals surface area contributed by atoms with Gasteiger partial charge < -0.3 is 14.6 Å². The maximum absolute atomic E-state index is 12.4. The third kappa shape index (κ3) is 5.06. The molecule has 1 N–H and O–H groups in total. The van der Waals surface area contributed by atoms with Crippen molar-refractivity contribution in [3.63, 3.8) is 0 Å². The Morgan fingerprint density at radius 2 is 2.22 bits per heavy atom. The molecule has 2 rings (SSSR count). The first-order valence-electron chi connectivity index (χ1n) is 8.71. The fourth-order valence-electron chi connectivity index (χ4n) is 3.30. The van der Waals surface area contributed by atoms with E-state index in [0.29, 0.717) is 18.8 Å². The largest absolute Gasteiger partial charge is 0.385 e. The summed E-state index contributed by atoms with van der Waals surface area (Å²) in [7, 11) is 1.89. The molecule has 2 unspecified atom stereocenters. The molecule has 0 saturated carbocycles. The molecule has 1 aromatic heterocycles. The molecule has 0 aromatic carbocycles. The second-order valence-corrected chi connectivity index (χ2v) is 8.00. The number of carbonyl (C=O) groups is 1. The summed E-state index contributed by atoms with van der Waals surface area (Å²) in [6, 6.07) is 0. The molecule has 0 aliphatic carbocycles. The van der Waals surface area contributed by atoms with Gasteiger partial charge in [0.25, 0.3) is 0 Å². The fourth-order valence-corrected chi connectivity index (χ4v) is 3.30. The maximum atomic E-state index is 12.4. The maximum Gasteiger partial charge on any atom is 0.222 e. The van der Waals surface area contributed by atoms with E-state index in [4.69, 9.17) is 0 Å². The van der Waals surface area contributed by atoms with E-state index < -0.39 is 6.10 Å². The van der Waals surface area contributed by atoms with E-state index in [2.05, 4.69) is 25.8 Å². The number of nitrogens with zero attached hydrogens (tertiary/aromatic N) is 3.